The third-order valence-electron chi connectivity index (χ3n) is 3.17. The van der Waals surface area contributed by atoms with Gasteiger partial charge in [-0.1, -0.05) is 6.08 Å². The van der Waals surface area contributed by atoms with Gasteiger partial charge in [0.2, 0.25) is 0 Å². The van der Waals surface area contributed by atoms with Crippen LogP contribution in [-0.2, 0) is 0 Å². The molecule has 4 N–H and O–H groups in total. The highest BCUT2D eigenvalue weighted by atomic mass is 16.5. The first-order valence-corrected chi connectivity index (χ1v) is 6.99. The molecule has 0 spiro atoms. The van der Waals surface area contributed by atoms with Crippen LogP contribution in [0.2, 0.25) is 0 Å². The van der Waals surface area contributed by atoms with Gasteiger partial charge in [-0.15, -0.1) is 0 Å². The number of nitrogen functional groups attached to an aromatic ring is 2. The molecule has 1 radical (unpaired) electrons. The number of anilines is 2. The van der Waals surface area contributed by atoms with Crippen LogP contribution in [0.4, 0.5) is 11.4 Å². The molecule has 2 aromatic rings. The lowest BCUT2D eigenvalue weighted by Gasteiger charge is -2.19. The maximum Gasteiger partial charge on any atom is 0.178 e. The third kappa shape index (κ3) is 3.61. The lowest BCUT2D eigenvalue weighted by Crippen LogP contribution is -2.10. The molecule has 0 aromatic heterocycles. The van der Waals surface area contributed by atoms with Gasteiger partial charge in [0.1, 0.15) is 17.3 Å². The molecule has 0 atom stereocenters. The monoisotopic (exact) mass is 293 g/mol. The van der Waals surface area contributed by atoms with Crippen LogP contribution >= 0.6 is 0 Å². The molecule has 0 saturated carbocycles. The number of hydrogen-bond acceptors (Lipinski definition) is 4. The molecule has 0 heterocycles. The second kappa shape index (κ2) is 6.26. The molecule has 0 unspecified atom stereocenters. The second-order valence-electron chi connectivity index (χ2n) is 4.98. The van der Waals surface area contributed by atoms with Crippen LogP contribution in [-0.4, -0.2) is 0 Å². The average Bonchev–Trinajstić information content (AvgIpc) is 2.52. The Morgan fingerprint density at radius 3 is 1.86 bits per heavy atom. The predicted molar refractivity (Wildman–Crippen MR) is 88.0 cm³/mol. The van der Waals surface area contributed by atoms with E-state index in [2.05, 4.69) is 0 Å². The maximum atomic E-state index is 5.83. The van der Waals surface area contributed by atoms with Gasteiger partial charge in [-0.3, -0.25) is 0 Å². The molecule has 0 aliphatic heterocycles. The largest absolute Gasteiger partial charge is 0.478 e. The van der Waals surface area contributed by atoms with E-state index in [9.17, 15) is 0 Å². The van der Waals surface area contributed by atoms with E-state index < -0.39 is 0 Å². The molecule has 0 amide bonds. The van der Waals surface area contributed by atoms with Crippen LogP contribution in [0.5, 0.6) is 11.5 Å². The van der Waals surface area contributed by atoms with Crippen molar-refractivity contribution in [3.63, 3.8) is 0 Å². The summed E-state index contributed by atoms with van der Waals surface area (Å²) in [5.74, 6) is 2.32. The van der Waals surface area contributed by atoms with Crippen LogP contribution in [0.25, 0.3) is 0 Å². The first-order chi connectivity index (χ1) is 10.7. The SMILES string of the molecule is Nc1ccc(O[C]2C=CC=C(Oc3ccc(N)cc3)C2)cc1. The predicted octanol–water partition coefficient (Wildman–Crippen LogP) is 3.68. The van der Waals surface area contributed by atoms with Crippen LogP contribution in [0, 0.1) is 6.10 Å². The highest BCUT2D eigenvalue weighted by Crippen LogP contribution is 2.27. The summed E-state index contributed by atoms with van der Waals surface area (Å²) < 4.78 is 11.7. The molecule has 22 heavy (non-hydrogen) atoms. The summed E-state index contributed by atoms with van der Waals surface area (Å²) in [4.78, 5) is 0. The van der Waals surface area contributed by atoms with Gasteiger partial charge in [0.05, 0.1) is 6.42 Å². The fourth-order valence-electron chi connectivity index (χ4n) is 2.07. The third-order valence-corrected chi connectivity index (χ3v) is 3.17. The Morgan fingerprint density at radius 2 is 1.27 bits per heavy atom. The van der Waals surface area contributed by atoms with Crippen molar-refractivity contribution in [2.24, 2.45) is 0 Å². The molecule has 2 aromatic carbocycles. The van der Waals surface area contributed by atoms with Crippen molar-refractivity contribution in [1.82, 2.24) is 0 Å². The van der Waals surface area contributed by atoms with Gasteiger partial charge < -0.3 is 20.9 Å². The van der Waals surface area contributed by atoms with E-state index in [-0.39, 0.29) is 0 Å². The topological polar surface area (TPSA) is 70.5 Å². The zero-order valence-corrected chi connectivity index (χ0v) is 12.0. The highest BCUT2D eigenvalue weighted by Gasteiger charge is 2.16. The second-order valence-corrected chi connectivity index (χ2v) is 4.98. The Hall–Kier alpha value is -2.88. The van der Waals surface area contributed by atoms with Crippen molar-refractivity contribution >= 4 is 11.4 Å². The van der Waals surface area contributed by atoms with Crippen molar-refractivity contribution in [1.29, 1.82) is 0 Å². The molecule has 3 rings (SSSR count). The minimum absolute atomic E-state index is 0.589. The number of rotatable bonds is 4. The average molecular weight is 293 g/mol. The van der Waals surface area contributed by atoms with Crippen molar-refractivity contribution in [3.8, 4) is 11.5 Å². The van der Waals surface area contributed by atoms with Gasteiger partial charge >= 0.3 is 0 Å². The number of allylic oxidation sites excluding steroid dienone is 2. The summed E-state index contributed by atoms with van der Waals surface area (Å²) in [5.41, 5.74) is 12.8. The van der Waals surface area contributed by atoms with Gasteiger partial charge in [0, 0.05) is 11.4 Å². The van der Waals surface area contributed by atoms with Crippen molar-refractivity contribution in [3.05, 3.63) is 78.6 Å². The minimum Gasteiger partial charge on any atom is -0.478 e. The summed E-state index contributed by atoms with van der Waals surface area (Å²) in [5, 5.41) is 0. The number of ether oxygens (including phenoxy) is 2. The fourth-order valence-corrected chi connectivity index (χ4v) is 2.07. The van der Waals surface area contributed by atoms with E-state index in [0.717, 1.165) is 23.4 Å². The van der Waals surface area contributed by atoms with E-state index in [4.69, 9.17) is 20.9 Å². The lowest BCUT2D eigenvalue weighted by atomic mass is 10.1. The summed E-state index contributed by atoms with van der Waals surface area (Å²) in [7, 11) is 0. The molecular weight excluding hydrogens is 276 g/mol. The van der Waals surface area contributed by atoms with Crippen molar-refractivity contribution < 1.29 is 9.47 Å². The standard InChI is InChI=1S/C18H17N2O2/c19-13-4-8-15(9-5-13)21-17-2-1-3-18(12-17)22-16-10-6-14(20)7-11-16/h1-11H,12,19-20H2. The Balaban J connectivity index is 1.61. The fraction of sp³-hybridized carbons (Fsp3) is 0.0556. The molecule has 4 heteroatoms. The van der Waals surface area contributed by atoms with Crippen molar-refractivity contribution in [2.45, 2.75) is 6.42 Å². The molecular formula is C18H17N2O2. The number of hydrogen-bond donors (Lipinski definition) is 2. The normalized spacial score (nSPS) is 14.5. The van der Waals surface area contributed by atoms with E-state index >= 15 is 0 Å². The van der Waals surface area contributed by atoms with Gasteiger partial charge in [-0.2, -0.15) is 0 Å². The molecule has 0 bridgehead atoms. The minimum atomic E-state index is 0.589. The Kier molecular flexibility index (Phi) is 4.01. The molecule has 1 aliphatic rings. The van der Waals surface area contributed by atoms with Crippen LogP contribution in [0.3, 0.4) is 0 Å². The Labute approximate surface area is 129 Å². The molecule has 0 saturated heterocycles. The summed E-state index contributed by atoms with van der Waals surface area (Å²) >= 11 is 0. The summed E-state index contributed by atoms with van der Waals surface area (Å²) in [6.07, 6.45) is 7.16. The van der Waals surface area contributed by atoms with Crippen LogP contribution in [0.1, 0.15) is 6.42 Å². The van der Waals surface area contributed by atoms with E-state index in [1.54, 1.807) is 0 Å². The van der Waals surface area contributed by atoms with Crippen LogP contribution in [0.15, 0.2) is 72.5 Å². The molecule has 1 aliphatic carbocycles. The lowest BCUT2D eigenvalue weighted by molar-refractivity contribution is 0.313. The quantitative estimate of drug-likeness (QED) is 0.843. The zero-order chi connectivity index (χ0) is 15.4. The molecule has 111 valence electrons. The van der Waals surface area contributed by atoms with Gasteiger partial charge in [0.15, 0.2) is 6.10 Å². The summed E-state index contributed by atoms with van der Waals surface area (Å²) in [6, 6.07) is 14.6. The maximum absolute atomic E-state index is 5.83. The highest BCUT2D eigenvalue weighted by molar-refractivity contribution is 5.43. The molecule has 4 nitrogen and oxygen atoms in total. The number of benzene rings is 2. The smallest absolute Gasteiger partial charge is 0.178 e. The van der Waals surface area contributed by atoms with Gasteiger partial charge in [-0.25, -0.2) is 0 Å². The van der Waals surface area contributed by atoms with Gasteiger partial charge in [0.25, 0.3) is 0 Å². The van der Waals surface area contributed by atoms with Crippen molar-refractivity contribution in [2.75, 3.05) is 11.5 Å². The summed E-state index contributed by atoms with van der Waals surface area (Å²) in [6.45, 7) is 0. The molecule has 0 fully saturated rings. The first kappa shape index (κ1) is 14.1. The number of nitrogens with two attached hydrogens (primary N) is 2. The zero-order valence-electron chi connectivity index (χ0n) is 12.0. The van der Waals surface area contributed by atoms with E-state index in [0.29, 0.717) is 17.8 Å². The van der Waals surface area contributed by atoms with Gasteiger partial charge in [-0.05, 0) is 60.7 Å². The Bertz CT molecular complexity index is 688. The first-order valence-electron chi connectivity index (χ1n) is 6.99. The van der Waals surface area contributed by atoms with Crippen LogP contribution < -0.4 is 20.9 Å². The van der Waals surface area contributed by atoms with E-state index in [1.165, 1.54) is 0 Å². The van der Waals surface area contributed by atoms with E-state index in [1.807, 2.05) is 66.8 Å². The Morgan fingerprint density at radius 1 is 0.727 bits per heavy atom.